The summed E-state index contributed by atoms with van der Waals surface area (Å²) in [5.74, 6) is 2.52. The lowest BCUT2D eigenvalue weighted by atomic mass is 9.92. The molecule has 0 saturated carbocycles. The van der Waals surface area contributed by atoms with Crippen molar-refractivity contribution in [1.29, 1.82) is 0 Å². The Morgan fingerprint density at radius 1 is 1.24 bits per heavy atom. The highest BCUT2D eigenvalue weighted by atomic mass is 16.1. The van der Waals surface area contributed by atoms with E-state index in [0.717, 1.165) is 25.6 Å². The molecule has 1 amide bonds. The number of carbonyl (C=O) groups is 1. The number of piperidine rings is 1. The summed E-state index contributed by atoms with van der Waals surface area (Å²) in [7, 11) is 0. The number of nitrogens with zero attached hydrogens (tertiary/aromatic N) is 2. The number of hydrogen-bond acceptors (Lipinski definition) is 2. The van der Waals surface area contributed by atoms with Crippen molar-refractivity contribution in [3.8, 4) is 0 Å². The van der Waals surface area contributed by atoms with E-state index in [0.29, 0.717) is 24.9 Å². The van der Waals surface area contributed by atoms with E-state index in [1.807, 2.05) is 13.8 Å². The van der Waals surface area contributed by atoms with Gasteiger partial charge in [0.05, 0.1) is 6.54 Å². The standard InChI is InChI=1S/C16H32N4O/c1-6-17-16(19-8-7-18-15(21)12(2)3)20-10-13(4)9-14(5)11-20/h12-14H,6-11H2,1-5H3,(H,17,19)(H,18,21). The maximum atomic E-state index is 11.5. The summed E-state index contributed by atoms with van der Waals surface area (Å²) in [5.41, 5.74) is 0. The van der Waals surface area contributed by atoms with Crippen molar-refractivity contribution in [3.05, 3.63) is 0 Å². The van der Waals surface area contributed by atoms with Crippen LogP contribution in [0, 0.1) is 17.8 Å². The fourth-order valence-corrected chi connectivity index (χ4v) is 2.81. The number of likely N-dealkylation sites (tertiary alicyclic amines) is 1. The van der Waals surface area contributed by atoms with Gasteiger partial charge >= 0.3 is 0 Å². The molecular weight excluding hydrogens is 264 g/mol. The van der Waals surface area contributed by atoms with E-state index >= 15 is 0 Å². The van der Waals surface area contributed by atoms with E-state index in [1.54, 1.807) is 0 Å². The van der Waals surface area contributed by atoms with Gasteiger partial charge in [-0.15, -0.1) is 0 Å². The molecule has 1 aliphatic rings. The fourth-order valence-electron chi connectivity index (χ4n) is 2.81. The van der Waals surface area contributed by atoms with Gasteiger partial charge in [0, 0.05) is 32.1 Å². The molecule has 122 valence electrons. The van der Waals surface area contributed by atoms with Crippen LogP contribution in [0.3, 0.4) is 0 Å². The lowest BCUT2D eigenvalue weighted by Gasteiger charge is -2.37. The Labute approximate surface area is 129 Å². The zero-order chi connectivity index (χ0) is 15.8. The van der Waals surface area contributed by atoms with Crippen LogP contribution >= 0.6 is 0 Å². The molecule has 0 bridgehead atoms. The van der Waals surface area contributed by atoms with E-state index in [4.69, 9.17) is 0 Å². The highest BCUT2D eigenvalue weighted by Crippen LogP contribution is 2.20. The Bertz CT molecular complexity index is 344. The smallest absolute Gasteiger partial charge is 0.222 e. The van der Waals surface area contributed by atoms with Crippen LogP contribution in [0.25, 0.3) is 0 Å². The zero-order valence-electron chi connectivity index (χ0n) is 14.3. The number of carbonyl (C=O) groups excluding carboxylic acids is 1. The van der Waals surface area contributed by atoms with E-state index in [-0.39, 0.29) is 11.8 Å². The minimum absolute atomic E-state index is 0.0333. The Morgan fingerprint density at radius 2 is 1.86 bits per heavy atom. The average molecular weight is 296 g/mol. The van der Waals surface area contributed by atoms with Crippen LogP contribution in [0.1, 0.15) is 41.0 Å². The predicted molar refractivity (Wildman–Crippen MR) is 88.3 cm³/mol. The lowest BCUT2D eigenvalue weighted by Crippen LogP contribution is -2.48. The monoisotopic (exact) mass is 296 g/mol. The molecule has 0 aromatic carbocycles. The van der Waals surface area contributed by atoms with E-state index < -0.39 is 0 Å². The Morgan fingerprint density at radius 3 is 2.38 bits per heavy atom. The number of rotatable bonds is 5. The van der Waals surface area contributed by atoms with Crippen molar-refractivity contribution in [2.45, 2.75) is 41.0 Å². The Hall–Kier alpha value is -1.26. The third kappa shape index (κ3) is 6.36. The van der Waals surface area contributed by atoms with Crippen molar-refractivity contribution < 1.29 is 4.79 Å². The fraction of sp³-hybridized carbons (Fsp3) is 0.875. The van der Waals surface area contributed by atoms with E-state index in [9.17, 15) is 4.79 Å². The molecule has 1 heterocycles. The SMILES string of the molecule is CCNC(=NCCNC(=O)C(C)C)N1CC(C)CC(C)C1. The van der Waals surface area contributed by atoms with Gasteiger partial charge < -0.3 is 15.5 Å². The largest absolute Gasteiger partial charge is 0.357 e. The number of aliphatic imine (C=N–C) groups is 1. The summed E-state index contributed by atoms with van der Waals surface area (Å²) < 4.78 is 0. The van der Waals surface area contributed by atoms with Crippen LogP contribution in [0.4, 0.5) is 0 Å². The molecule has 0 spiro atoms. The first-order valence-electron chi connectivity index (χ1n) is 8.25. The second-order valence-electron chi connectivity index (χ2n) is 6.53. The van der Waals surface area contributed by atoms with Gasteiger partial charge in [-0.3, -0.25) is 9.79 Å². The number of guanidine groups is 1. The van der Waals surface area contributed by atoms with Gasteiger partial charge in [-0.2, -0.15) is 0 Å². The summed E-state index contributed by atoms with van der Waals surface area (Å²) in [6.45, 7) is 14.7. The average Bonchev–Trinajstić information content (AvgIpc) is 2.40. The van der Waals surface area contributed by atoms with Crippen molar-refractivity contribution >= 4 is 11.9 Å². The molecule has 2 unspecified atom stereocenters. The molecule has 1 saturated heterocycles. The topological polar surface area (TPSA) is 56.7 Å². The van der Waals surface area contributed by atoms with Crippen LogP contribution in [0.5, 0.6) is 0 Å². The van der Waals surface area contributed by atoms with Gasteiger partial charge in [0.25, 0.3) is 0 Å². The highest BCUT2D eigenvalue weighted by molar-refractivity contribution is 5.80. The summed E-state index contributed by atoms with van der Waals surface area (Å²) in [4.78, 5) is 18.5. The van der Waals surface area contributed by atoms with Gasteiger partial charge in [-0.1, -0.05) is 27.7 Å². The molecule has 5 heteroatoms. The van der Waals surface area contributed by atoms with Gasteiger partial charge in [0.2, 0.25) is 5.91 Å². The second kappa shape index (κ2) is 8.90. The van der Waals surface area contributed by atoms with Crippen molar-refractivity contribution in [3.63, 3.8) is 0 Å². The molecule has 0 radical (unpaired) electrons. The first-order chi connectivity index (χ1) is 9.93. The normalized spacial score (nSPS) is 23.3. The quantitative estimate of drug-likeness (QED) is 0.461. The summed E-state index contributed by atoms with van der Waals surface area (Å²) in [6, 6.07) is 0. The molecule has 0 aromatic heterocycles. The number of amides is 1. The molecule has 2 N–H and O–H groups in total. The zero-order valence-corrected chi connectivity index (χ0v) is 14.3. The van der Waals surface area contributed by atoms with Crippen LogP contribution in [-0.4, -0.2) is 49.5 Å². The van der Waals surface area contributed by atoms with E-state index in [1.165, 1.54) is 6.42 Å². The van der Waals surface area contributed by atoms with Crippen molar-refractivity contribution in [2.75, 3.05) is 32.7 Å². The van der Waals surface area contributed by atoms with Gasteiger partial charge in [-0.05, 0) is 25.2 Å². The minimum atomic E-state index is 0.0333. The first kappa shape index (κ1) is 17.8. The third-order valence-electron chi connectivity index (χ3n) is 3.70. The summed E-state index contributed by atoms with van der Waals surface area (Å²) in [6.07, 6.45) is 1.29. The Balaban J connectivity index is 2.51. The number of hydrogen-bond donors (Lipinski definition) is 2. The lowest BCUT2D eigenvalue weighted by molar-refractivity contribution is -0.123. The maximum absolute atomic E-state index is 11.5. The minimum Gasteiger partial charge on any atom is -0.357 e. The first-order valence-corrected chi connectivity index (χ1v) is 8.25. The van der Waals surface area contributed by atoms with Crippen LogP contribution in [-0.2, 0) is 4.79 Å². The Kier molecular flexibility index (Phi) is 7.54. The molecule has 1 rings (SSSR count). The van der Waals surface area contributed by atoms with Crippen molar-refractivity contribution in [2.24, 2.45) is 22.7 Å². The van der Waals surface area contributed by atoms with E-state index in [2.05, 4.69) is 41.3 Å². The van der Waals surface area contributed by atoms with Crippen LogP contribution in [0.2, 0.25) is 0 Å². The third-order valence-corrected chi connectivity index (χ3v) is 3.70. The summed E-state index contributed by atoms with van der Waals surface area (Å²) >= 11 is 0. The maximum Gasteiger partial charge on any atom is 0.222 e. The molecule has 0 aromatic rings. The number of nitrogens with one attached hydrogen (secondary N) is 2. The van der Waals surface area contributed by atoms with Gasteiger partial charge in [0.1, 0.15) is 0 Å². The molecule has 0 aliphatic carbocycles. The molecule has 5 nitrogen and oxygen atoms in total. The van der Waals surface area contributed by atoms with Gasteiger partial charge in [0.15, 0.2) is 5.96 Å². The summed E-state index contributed by atoms with van der Waals surface area (Å²) in [5, 5.41) is 6.28. The molecule has 1 aliphatic heterocycles. The molecular formula is C16H32N4O. The van der Waals surface area contributed by atoms with Gasteiger partial charge in [-0.25, -0.2) is 0 Å². The molecule has 1 fully saturated rings. The second-order valence-corrected chi connectivity index (χ2v) is 6.53. The van der Waals surface area contributed by atoms with Crippen LogP contribution in [0.15, 0.2) is 4.99 Å². The van der Waals surface area contributed by atoms with Crippen LogP contribution < -0.4 is 10.6 Å². The predicted octanol–water partition coefficient (Wildman–Crippen LogP) is 1.70. The molecule has 2 atom stereocenters. The van der Waals surface area contributed by atoms with Crippen molar-refractivity contribution in [1.82, 2.24) is 15.5 Å². The highest BCUT2D eigenvalue weighted by Gasteiger charge is 2.23. The molecule has 21 heavy (non-hydrogen) atoms.